The summed E-state index contributed by atoms with van der Waals surface area (Å²) in [4.78, 5) is 29.4. The van der Waals surface area contributed by atoms with Crippen LogP contribution in [0.1, 0.15) is 17.0 Å². The predicted molar refractivity (Wildman–Crippen MR) is 93.2 cm³/mol. The van der Waals surface area contributed by atoms with Crippen molar-refractivity contribution < 1.29 is 18.4 Å². The second kappa shape index (κ2) is 7.01. The summed E-state index contributed by atoms with van der Waals surface area (Å²) in [6, 6.07) is 2.64. The molecule has 1 aromatic carbocycles. The standard InChI is InChI=1S/C16H15F2N3O2S2/c1-8-12(25-16(24)19-8)7-13(22)20-11-5-6-21(15(11)23)14-9(17)3-2-4-10(14)18/h2-4,11H,5-7H2,1H3,(H,19,24)(H,20,22)/t11-/m1/s1. The van der Waals surface area contributed by atoms with Gasteiger partial charge < -0.3 is 15.2 Å². The molecular weight excluding hydrogens is 368 g/mol. The van der Waals surface area contributed by atoms with Crippen LogP contribution in [0.3, 0.4) is 0 Å². The summed E-state index contributed by atoms with van der Waals surface area (Å²) < 4.78 is 28.3. The smallest absolute Gasteiger partial charge is 0.249 e. The van der Waals surface area contributed by atoms with E-state index >= 15 is 0 Å². The lowest BCUT2D eigenvalue weighted by Gasteiger charge is -2.18. The molecule has 1 atom stereocenters. The number of nitrogens with zero attached hydrogens (tertiary/aromatic N) is 1. The van der Waals surface area contributed by atoms with Crippen molar-refractivity contribution in [1.82, 2.24) is 10.3 Å². The second-order valence-electron chi connectivity index (χ2n) is 5.71. The highest BCUT2D eigenvalue weighted by Crippen LogP contribution is 2.27. The number of hydrogen-bond acceptors (Lipinski definition) is 4. The van der Waals surface area contributed by atoms with E-state index in [0.29, 0.717) is 10.4 Å². The minimum Gasteiger partial charge on any atom is -0.344 e. The maximum atomic E-state index is 13.9. The molecule has 132 valence electrons. The Labute approximate surface area is 151 Å². The van der Waals surface area contributed by atoms with Gasteiger partial charge in [0.15, 0.2) is 3.95 Å². The molecule has 2 amide bonds. The number of hydrogen-bond donors (Lipinski definition) is 2. The average Bonchev–Trinajstić information content (AvgIpc) is 3.03. The van der Waals surface area contributed by atoms with Crippen molar-refractivity contribution in [2.24, 2.45) is 0 Å². The maximum absolute atomic E-state index is 13.9. The molecule has 0 spiro atoms. The van der Waals surface area contributed by atoms with Gasteiger partial charge in [0.2, 0.25) is 11.8 Å². The zero-order valence-corrected chi connectivity index (χ0v) is 14.9. The average molecular weight is 383 g/mol. The number of carbonyl (C=O) groups is 2. The van der Waals surface area contributed by atoms with Crippen LogP contribution in [0.15, 0.2) is 18.2 Å². The summed E-state index contributed by atoms with van der Waals surface area (Å²) in [5, 5.41) is 2.64. The van der Waals surface area contributed by atoms with Crippen molar-refractivity contribution in [3.8, 4) is 0 Å². The fraction of sp³-hybridized carbons (Fsp3) is 0.312. The first-order valence-electron chi connectivity index (χ1n) is 7.60. The Hall–Kier alpha value is -2.13. The quantitative estimate of drug-likeness (QED) is 0.798. The molecule has 9 heteroatoms. The molecule has 1 saturated heterocycles. The fourth-order valence-corrected chi connectivity index (χ4v) is 4.07. The van der Waals surface area contributed by atoms with Gasteiger partial charge in [-0.1, -0.05) is 6.07 Å². The number of H-pyrrole nitrogens is 1. The molecule has 1 aliphatic rings. The van der Waals surface area contributed by atoms with Crippen molar-refractivity contribution in [2.75, 3.05) is 11.4 Å². The molecule has 0 radical (unpaired) electrons. The number of halogens is 2. The van der Waals surface area contributed by atoms with Crippen molar-refractivity contribution in [3.63, 3.8) is 0 Å². The highest BCUT2D eigenvalue weighted by molar-refractivity contribution is 7.73. The van der Waals surface area contributed by atoms with E-state index in [2.05, 4.69) is 10.3 Å². The van der Waals surface area contributed by atoms with Gasteiger partial charge in [-0.3, -0.25) is 9.59 Å². The summed E-state index contributed by atoms with van der Waals surface area (Å²) >= 11 is 6.34. The van der Waals surface area contributed by atoms with Crippen molar-refractivity contribution >= 4 is 41.1 Å². The lowest BCUT2D eigenvalue weighted by Crippen LogP contribution is -2.42. The summed E-state index contributed by atoms with van der Waals surface area (Å²) in [5.41, 5.74) is 0.446. The Morgan fingerprint density at radius 1 is 1.44 bits per heavy atom. The normalized spacial score (nSPS) is 17.2. The highest BCUT2D eigenvalue weighted by atomic mass is 32.1. The highest BCUT2D eigenvalue weighted by Gasteiger charge is 2.36. The van der Waals surface area contributed by atoms with Crippen LogP contribution in [0.2, 0.25) is 0 Å². The molecule has 0 saturated carbocycles. The molecule has 25 heavy (non-hydrogen) atoms. The number of aromatic amines is 1. The Kier molecular flexibility index (Phi) is 4.96. The van der Waals surface area contributed by atoms with Crippen LogP contribution in [-0.2, 0) is 16.0 Å². The van der Waals surface area contributed by atoms with Crippen LogP contribution >= 0.6 is 23.6 Å². The van der Waals surface area contributed by atoms with E-state index in [1.165, 1.54) is 17.4 Å². The predicted octanol–water partition coefficient (Wildman–Crippen LogP) is 2.86. The van der Waals surface area contributed by atoms with E-state index in [1.807, 2.05) is 6.92 Å². The molecule has 1 aliphatic heterocycles. The molecule has 1 fully saturated rings. The van der Waals surface area contributed by atoms with Crippen LogP contribution in [0, 0.1) is 22.5 Å². The van der Waals surface area contributed by atoms with Crippen molar-refractivity contribution in [2.45, 2.75) is 25.8 Å². The van der Waals surface area contributed by atoms with E-state index in [9.17, 15) is 18.4 Å². The van der Waals surface area contributed by atoms with Gasteiger partial charge in [-0.05, 0) is 37.7 Å². The Bertz CT molecular complexity index is 873. The Morgan fingerprint density at radius 3 is 2.72 bits per heavy atom. The monoisotopic (exact) mass is 383 g/mol. The summed E-state index contributed by atoms with van der Waals surface area (Å²) in [6.07, 6.45) is 0.391. The van der Waals surface area contributed by atoms with Gasteiger partial charge in [-0.15, -0.1) is 11.3 Å². The first-order valence-corrected chi connectivity index (χ1v) is 8.82. The van der Waals surface area contributed by atoms with Crippen molar-refractivity contribution in [1.29, 1.82) is 0 Å². The van der Waals surface area contributed by atoms with Crippen LogP contribution in [0.25, 0.3) is 0 Å². The summed E-state index contributed by atoms with van der Waals surface area (Å²) in [6.45, 7) is 1.96. The largest absolute Gasteiger partial charge is 0.344 e. The van der Waals surface area contributed by atoms with Crippen LogP contribution in [0.5, 0.6) is 0 Å². The third-order valence-corrected chi connectivity index (χ3v) is 5.33. The second-order valence-corrected chi connectivity index (χ2v) is 7.48. The molecule has 3 rings (SSSR count). The van der Waals surface area contributed by atoms with Gasteiger partial charge in [0, 0.05) is 17.1 Å². The number of amides is 2. The van der Waals surface area contributed by atoms with Gasteiger partial charge >= 0.3 is 0 Å². The van der Waals surface area contributed by atoms with E-state index in [4.69, 9.17) is 12.2 Å². The zero-order chi connectivity index (χ0) is 18.1. The number of carbonyl (C=O) groups excluding carboxylic acids is 2. The summed E-state index contributed by atoms with van der Waals surface area (Å²) in [7, 11) is 0. The first kappa shape index (κ1) is 17.7. The molecule has 2 N–H and O–H groups in total. The van der Waals surface area contributed by atoms with E-state index in [0.717, 1.165) is 27.6 Å². The number of nitrogens with one attached hydrogen (secondary N) is 2. The number of anilines is 1. The third kappa shape index (κ3) is 3.62. The van der Waals surface area contributed by atoms with E-state index in [1.54, 1.807) is 0 Å². The molecule has 0 unspecified atom stereocenters. The number of thiazole rings is 1. The molecule has 0 bridgehead atoms. The number of benzene rings is 1. The molecule has 2 aromatic rings. The Morgan fingerprint density at radius 2 is 2.12 bits per heavy atom. The maximum Gasteiger partial charge on any atom is 0.249 e. The Balaban J connectivity index is 1.69. The van der Waals surface area contributed by atoms with E-state index < -0.39 is 23.6 Å². The topological polar surface area (TPSA) is 65.2 Å². The molecule has 2 heterocycles. The first-order chi connectivity index (χ1) is 11.9. The zero-order valence-electron chi connectivity index (χ0n) is 13.3. The van der Waals surface area contributed by atoms with Gasteiger partial charge in [0.05, 0.1) is 6.42 Å². The lowest BCUT2D eigenvalue weighted by molar-refractivity contribution is -0.126. The fourth-order valence-electron chi connectivity index (χ4n) is 2.78. The minimum absolute atomic E-state index is 0.0987. The number of para-hydroxylation sites is 1. The molecule has 5 nitrogen and oxygen atoms in total. The SMILES string of the molecule is Cc1[nH]c(=S)sc1CC(=O)N[C@@H]1CCN(c2c(F)cccc2F)C1=O. The van der Waals surface area contributed by atoms with Gasteiger partial charge in [-0.2, -0.15) is 0 Å². The van der Waals surface area contributed by atoms with Crippen LogP contribution < -0.4 is 10.2 Å². The van der Waals surface area contributed by atoms with Crippen LogP contribution in [0.4, 0.5) is 14.5 Å². The van der Waals surface area contributed by atoms with E-state index in [-0.39, 0.29) is 24.6 Å². The van der Waals surface area contributed by atoms with Gasteiger partial charge in [-0.25, -0.2) is 8.78 Å². The number of aryl methyl sites for hydroxylation is 1. The number of aromatic nitrogens is 1. The van der Waals surface area contributed by atoms with Gasteiger partial charge in [0.1, 0.15) is 23.4 Å². The minimum atomic E-state index is -0.803. The molecular formula is C16H15F2N3O2S2. The summed E-state index contributed by atoms with van der Waals surface area (Å²) in [5.74, 6) is -2.45. The molecule has 0 aliphatic carbocycles. The van der Waals surface area contributed by atoms with Crippen molar-refractivity contribution in [3.05, 3.63) is 44.4 Å². The third-order valence-electron chi connectivity index (χ3n) is 3.99. The molecule has 1 aromatic heterocycles. The number of rotatable bonds is 4. The van der Waals surface area contributed by atoms with Crippen LogP contribution in [-0.4, -0.2) is 29.4 Å². The lowest BCUT2D eigenvalue weighted by atomic mass is 10.2. The van der Waals surface area contributed by atoms with Gasteiger partial charge in [0.25, 0.3) is 0 Å².